The van der Waals surface area contributed by atoms with Gasteiger partial charge in [0.15, 0.2) is 0 Å². The molecule has 0 radical (unpaired) electrons. The van der Waals surface area contributed by atoms with Crippen LogP contribution in [0.2, 0.25) is 5.02 Å². The van der Waals surface area contributed by atoms with Gasteiger partial charge in [0, 0.05) is 32.1 Å². The van der Waals surface area contributed by atoms with Crippen molar-refractivity contribution in [2.24, 2.45) is 5.92 Å². The maximum Gasteiger partial charge on any atom is 0.416 e. The number of nitrogens with zero attached hydrogens (tertiary/aromatic N) is 2. The van der Waals surface area contributed by atoms with Crippen molar-refractivity contribution in [2.45, 2.75) is 18.5 Å². The first-order chi connectivity index (χ1) is 13.7. The molecule has 3 nitrogen and oxygen atoms in total. The van der Waals surface area contributed by atoms with Crippen molar-refractivity contribution in [2.75, 3.05) is 31.1 Å². The Bertz CT molecular complexity index is 908. The molecule has 1 amide bonds. The lowest BCUT2D eigenvalue weighted by molar-refractivity contribution is -0.137. The molecule has 0 spiro atoms. The summed E-state index contributed by atoms with van der Waals surface area (Å²) in [6.45, 7) is 2.10. The molecule has 0 bridgehead atoms. The fraction of sp³-hybridized carbons (Fsp3) is 0.381. The van der Waals surface area contributed by atoms with E-state index in [1.807, 2.05) is 4.90 Å². The average molecular weight is 427 g/mol. The smallest absolute Gasteiger partial charge is 0.367 e. The van der Waals surface area contributed by atoms with Crippen molar-refractivity contribution < 1.29 is 22.4 Å². The third-order valence-corrected chi connectivity index (χ3v) is 5.93. The van der Waals surface area contributed by atoms with Crippen LogP contribution in [0.5, 0.6) is 0 Å². The Labute approximate surface area is 170 Å². The molecule has 0 N–H and O–H groups in total. The van der Waals surface area contributed by atoms with Gasteiger partial charge in [-0.3, -0.25) is 4.79 Å². The fourth-order valence-electron chi connectivity index (χ4n) is 3.89. The number of piperazine rings is 1. The molecule has 2 aromatic rings. The molecule has 1 saturated heterocycles. The summed E-state index contributed by atoms with van der Waals surface area (Å²) in [4.78, 5) is 16.5. The second kappa shape index (κ2) is 7.52. The summed E-state index contributed by atoms with van der Waals surface area (Å²) in [6.07, 6.45) is -3.71. The number of anilines is 1. The molecule has 1 aliphatic heterocycles. The third-order valence-electron chi connectivity index (χ3n) is 5.61. The van der Waals surface area contributed by atoms with E-state index in [-0.39, 0.29) is 23.6 Å². The summed E-state index contributed by atoms with van der Waals surface area (Å²) in [5.41, 5.74) is 0.700. The molecule has 8 heteroatoms. The average Bonchev–Trinajstić information content (AvgIpc) is 3.50. The maximum atomic E-state index is 13.5. The van der Waals surface area contributed by atoms with Crippen LogP contribution in [-0.4, -0.2) is 37.0 Å². The molecule has 1 unspecified atom stereocenters. The quantitative estimate of drug-likeness (QED) is 0.648. The van der Waals surface area contributed by atoms with E-state index in [2.05, 4.69) is 0 Å². The second-order valence-corrected chi connectivity index (χ2v) is 7.88. The summed E-state index contributed by atoms with van der Waals surface area (Å²) in [5.74, 6) is -0.545. The van der Waals surface area contributed by atoms with Crippen LogP contribution in [0.25, 0.3) is 0 Å². The van der Waals surface area contributed by atoms with Crippen LogP contribution in [0.1, 0.15) is 23.5 Å². The monoisotopic (exact) mass is 426 g/mol. The zero-order valence-corrected chi connectivity index (χ0v) is 16.2. The Balaban J connectivity index is 1.34. The summed E-state index contributed by atoms with van der Waals surface area (Å²) in [7, 11) is 0. The minimum absolute atomic E-state index is 0.0273. The summed E-state index contributed by atoms with van der Waals surface area (Å²) >= 11 is 6.16. The van der Waals surface area contributed by atoms with Crippen molar-refractivity contribution in [3.05, 3.63) is 64.4 Å². The fourth-order valence-corrected chi connectivity index (χ4v) is 4.12. The predicted molar refractivity (Wildman–Crippen MR) is 102 cm³/mol. The molecule has 1 saturated carbocycles. The molecule has 1 heterocycles. The summed E-state index contributed by atoms with van der Waals surface area (Å²) in [6, 6.07) is 9.27. The van der Waals surface area contributed by atoms with Crippen molar-refractivity contribution in [1.82, 2.24) is 4.90 Å². The van der Waals surface area contributed by atoms with Crippen molar-refractivity contribution >= 4 is 23.2 Å². The lowest BCUT2D eigenvalue weighted by Gasteiger charge is -2.36. The second-order valence-electron chi connectivity index (χ2n) is 7.48. The molecule has 2 aromatic carbocycles. The Morgan fingerprint density at radius 1 is 1.00 bits per heavy atom. The van der Waals surface area contributed by atoms with E-state index in [1.54, 1.807) is 4.90 Å². The molecule has 4 rings (SSSR count). The van der Waals surface area contributed by atoms with Gasteiger partial charge < -0.3 is 9.80 Å². The van der Waals surface area contributed by atoms with E-state index in [0.717, 1.165) is 17.7 Å². The van der Waals surface area contributed by atoms with Crippen LogP contribution < -0.4 is 4.90 Å². The Morgan fingerprint density at radius 2 is 1.66 bits per heavy atom. The first-order valence-electron chi connectivity index (χ1n) is 9.40. The van der Waals surface area contributed by atoms with Gasteiger partial charge in [-0.25, -0.2) is 4.39 Å². The number of alkyl halides is 3. The highest BCUT2D eigenvalue weighted by Gasteiger charge is 2.46. The van der Waals surface area contributed by atoms with Crippen LogP contribution in [0.3, 0.4) is 0 Å². The van der Waals surface area contributed by atoms with Crippen LogP contribution in [0.15, 0.2) is 42.5 Å². The molecule has 2 atom stereocenters. The maximum absolute atomic E-state index is 13.5. The number of benzene rings is 2. The van der Waals surface area contributed by atoms with Gasteiger partial charge in [-0.15, -0.1) is 0 Å². The molecule has 1 aliphatic carbocycles. The number of hydrogen-bond acceptors (Lipinski definition) is 2. The van der Waals surface area contributed by atoms with Crippen molar-refractivity contribution in [1.29, 1.82) is 0 Å². The third kappa shape index (κ3) is 4.20. The van der Waals surface area contributed by atoms with Gasteiger partial charge in [0.05, 0.1) is 16.3 Å². The van der Waals surface area contributed by atoms with Gasteiger partial charge in [-0.2, -0.15) is 13.2 Å². The minimum atomic E-state index is -4.36. The Hall–Kier alpha value is -2.28. The summed E-state index contributed by atoms with van der Waals surface area (Å²) in [5, 5.41) is 0.468. The van der Waals surface area contributed by atoms with Gasteiger partial charge in [-0.05, 0) is 48.2 Å². The number of carbonyl (C=O) groups is 1. The minimum Gasteiger partial charge on any atom is -0.367 e. The van der Waals surface area contributed by atoms with Crippen molar-refractivity contribution in [3.63, 3.8) is 0 Å². The van der Waals surface area contributed by atoms with Gasteiger partial charge in [0.1, 0.15) is 5.82 Å². The van der Waals surface area contributed by atoms with E-state index in [4.69, 9.17) is 11.6 Å². The van der Waals surface area contributed by atoms with Gasteiger partial charge >= 0.3 is 6.18 Å². The highest BCUT2D eigenvalue weighted by atomic mass is 35.5. The largest absolute Gasteiger partial charge is 0.416 e. The number of hydrogen-bond donors (Lipinski definition) is 0. The number of amides is 1. The normalized spacial score (nSPS) is 22.0. The number of halogens is 5. The van der Waals surface area contributed by atoms with Crippen LogP contribution >= 0.6 is 11.6 Å². The number of rotatable bonds is 3. The number of carbonyl (C=O) groups excluding carboxylic acids is 1. The van der Waals surface area contributed by atoms with Crippen LogP contribution in [0.4, 0.5) is 23.2 Å². The molecule has 2 fully saturated rings. The van der Waals surface area contributed by atoms with Gasteiger partial charge in [-0.1, -0.05) is 23.7 Å². The SMILES string of the molecule is O=C([C@H]1CC1c1ccc(C(F)(F)F)cc1)N1CCN(c2cc(F)ccc2Cl)CC1. The molecule has 29 heavy (non-hydrogen) atoms. The van der Waals surface area contributed by atoms with Crippen molar-refractivity contribution in [3.8, 4) is 0 Å². The lowest BCUT2D eigenvalue weighted by atomic mass is 10.1. The molecular weight excluding hydrogens is 408 g/mol. The first kappa shape index (κ1) is 20.0. The van der Waals surface area contributed by atoms with E-state index in [9.17, 15) is 22.4 Å². The lowest BCUT2D eigenvalue weighted by Crippen LogP contribution is -2.49. The van der Waals surface area contributed by atoms with Gasteiger partial charge in [0.2, 0.25) is 5.91 Å². The van der Waals surface area contributed by atoms with Crippen LogP contribution in [-0.2, 0) is 11.0 Å². The highest BCUT2D eigenvalue weighted by molar-refractivity contribution is 6.33. The first-order valence-corrected chi connectivity index (χ1v) is 9.78. The predicted octanol–water partition coefficient (Wildman–Crippen LogP) is 4.95. The molecule has 2 aliphatic rings. The van der Waals surface area contributed by atoms with E-state index >= 15 is 0 Å². The highest BCUT2D eigenvalue weighted by Crippen LogP contribution is 2.49. The zero-order chi connectivity index (χ0) is 20.8. The standard InChI is InChI=1S/C21H19ClF4N2O/c22-18-6-5-15(23)11-19(18)27-7-9-28(10-8-27)20(29)17-12-16(17)13-1-3-14(4-2-13)21(24,25)26/h1-6,11,16-17H,7-10,12H2/t16?,17-/m0/s1. The van der Waals surface area contributed by atoms with Gasteiger partial charge in [0.25, 0.3) is 0 Å². The molecule has 154 valence electrons. The summed E-state index contributed by atoms with van der Waals surface area (Å²) < 4.78 is 51.6. The Kier molecular flexibility index (Phi) is 5.19. The topological polar surface area (TPSA) is 23.6 Å². The Morgan fingerprint density at radius 3 is 2.28 bits per heavy atom. The van der Waals surface area contributed by atoms with E-state index < -0.39 is 11.7 Å². The van der Waals surface area contributed by atoms with E-state index in [1.165, 1.54) is 30.3 Å². The zero-order valence-electron chi connectivity index (χ0n) is 15.4. The molecular formula is C21H19ClF4N2O. The molecule has 0 aromatic heterocycles. The van der Waals surface area contributed by atoms with E-state index in [0.29, 0.717) is 43.3 Å². The van der Waals surface area contributed by atoms with Crippen LogP contribution in [0, 0.1) is 11.7 Å².